The molecule has 0 aliphatic carbocycles. The standard InChI is InChI=1S/C27H23ClIN3O3/c1-2-34-25-16-19(15-23(29)26(25)35-18-20-9-3-5-11-22(20)28)17-30-31-27(33)21-10-4-6-12-24(21)32-13-7-8-14-32/h3-17H,2,18H2,1H3,(H,31,33)/b30-17-. The molecule has 0 aliphatic heterocycles. The van der Waals surface area contributed by atoms with Gasteiger partial charge in [0.05, 0.1) is 27.6 Å². The maximum absolute atomic E-state index is 12.8. The van der Waals surface area contributed by atoms with Crippen LogP contribution in [0.4, 0.5) is 0 Å². The summed E-state index contributed by atoms with van der Waals surface area (Å²) in [4.78, 5) is 12.8. The van der Waals surface area contributed by atoms with Crippen molar-refractivity contribution in [2.45, 2.75) is 13.5 Å². The maximum Gasteiger partial charge on any atom is 0.273 e. The molecule has 1 aromatic heterocycles. The third-order valence-corrected chi connectivity index (χ3v) is 6.24. The van der Waals surface area contributed by atoms with Crippen molar-refractivity contribution in [3.8, 4) is 17.2 Å². The highest BCUT2D eigenvalue weighted by atomic mass is 127. The van der Waals surface area contributed by atoms with Crippen LogP contribution in [-0.2, 0) is 6.61 Å². The van der Waals surface area contributed by atoms with E-state index in [1.54, 1.807) is 12.3 Å². The number of hydrogen-bond acceptors (Lipinski definition) is 4. The van der Waals surface area contributed by atoms with Gasteiger partial charge in [-0.05, 0) is 77.5 Å². The van der Waals surface area contributed by atoms with Crippen molar-refractivity contribution in [1.29, 1.82) is 0 Å². The van der Waals surface area contributed by atoms with Crippen molar-refractivity contribution in [2.75, 3.05) is 6.61 Å². The molecule has 0 bridgehead atoms. The van der Waals surface area contributed by atoms with Crippen molar-refractivity contribution in [1.82, 2.24) is 9.99 Å². The van der Waals surface area contributed by atoms with E-state index in [1.807, 2.05) is 90.6 Å². The van der Waals surface area contributed by atoms with Crippen LogP contribution < -0.4 is 14.9 Å². The number of hydrazone groups is 1. The second kappa shape index (κ2) is 11.9. The summed E-state index contributed by atoms with van der Waals surface area (Å²) < 4.78 is 14.6. The number of rotatable bonds is 9. The molecule has 0 aliphatic rings. The summed E-state index contributed by atoms with van der Waals surface area (Å²) in [7, 11) is 0. The van der Waals surface area contributed by atoms with Gasteiger partial charge in [-0.1, -0.05) is 41.9 Å². The van der Waals surface area contributed by atoms with Gasteiger partial charge in [0.15, 0.2) is 11.5 Å². The molecule has 6 nitrogen and oxygen atoms in total. The molecule has 0 radical (unpaired) electrons. The van der Waals surface area contributed by atoms with Crippen molar-refractivity contribution < 1.29 is 14.3 Å². The van der Waals surface area contributed by atoms with Gasteiger partial charge in [0.25, 0.3) is 5.91 Å². The van der Waals surface area contributed by atoms with E-state index >= 15 is 0 Å². The van der Waals surface area contributed by atoms with Gasteiger partial charge in [-0.15, -0.1) is 0 Å². The topological polar surface area (TPSA) is 64.8 Å². The number of halogens is 2. The smallest absolute Gasteiger partial charge is 0.273 e. The Labute approximate surface area is 222 Å². The summed E-state index contributed by atoms with van der Waals surface area (Å²) in [6.07, 6.45) is 5.36. The fourth-order valence-corrected chi connectivity index (χ4v) is 4.41. The van der Waals surface area contributed by atoms with Gasteiger partial charge in [0.1, 0.15) is 6.61 Å². The first-order valence-corrected chi connectivity index (χ1v) is 12.4. The average Bonchev–Trinajstić information content (AvgIpc) is 3.40. The van der Waals surface area contributed by atoms with E-state index in [0.717, 1.165) is 20.4 Å². The number of nitrogens with one attached hydrogen (secondary N) is 1. The Hall–Kier alpha value is -3.30. The van der Waals surface area contributed by atoms with Crippen LogP contribution in [0.1, 0.15) is 28.4 Å². The Bertz CT molecular complexity index is 1340. The van der Waals surface area contributed by atoms with Gasteiger partial charge in [-0.25, -0.2) is 5.43 Å². The number of hydrogen-bond donors (Lipinski definition) is 1. The Morgan fingerprint density at radius 2 is 1.80 bits per heavy atom. The summed E-state index contributed by atoms with van der Waals surface area (Å²) in [5, 5.41) is 4.82. The predicted octanol–water partition coefficient (Wildman–Crippen LogP) is 6.48. The normalized spacial score (nSPS) is 10.9. The van der Waals surface area contributed by atoms with Crippen LogP contribution >= 0.6 is 34.2 Å². The van der Waals surface area contributed by atoms with Crippen molar-refractivity contribution >= 4 is 46.3 Å². The zero-order chi connectivity index (χ0) is 24.6. The third-order valence-electron chi connectivity index (χ3n) is 5.07. The lowest BCUT2D eigenvalue weighted by molar-refractivity contribution is 0.0955. The van der Waals surface area contributed by atoms with Crippen LogP contribution in [0.3, 0.4) is 0 Å². The predicted molar refractivity (Wildman–Crippen MR) is 147 cm³/mol. The van der Waals surface area contributed by atoms with E-state index in [4.69, 9.17) is 21.1 Å². The van der Waals surface area contributed by atoms with Crippen LogP contribution in [0.2, 0.25) is 5.02 Å². The molecule has 178 valence electrons. The number of carbonyl (C=O) groups excluding carboxylic acids is 1. The highest BCUT2D eigenvalue weighted by Crippen LogP contribution is 2.35. The van der Waals surface area contributed by atoms with Crippen LogP contribution in [-0.4, -0.2) is 23.3 Å². The summed E-state index contributed by atoms with van der Waals surface area (Å²) in [6.45, 7) is 2.71. The Balaban J connectivity index is 1.49. The molecule has 1 N–H and O–H groups in total. The third kappa shape index (κ3) is 6.23. The molecule has 4 rings (SSSR count). The minimum atomic E-state index is -0.301. The zero-order valence-electron chi connectivity index (χ0n) is 18.9. The number of para-hydroxylation sites is 1. The van der Waals surface area contributed by atoms with Crippen LogP contribution in [0.15, 0.2) is 90.3 Å². The van der Waals surface area contributed by atoms with Crippen LogP contribution in [0.5, 0.6) is 11.5 Å². The van der Waals surface area contributed by atoms with Crippen molar-refractivity contribution in [2.24, 2.45) is 5.10 Å². The number of benzene rings is 3. The van der Waals surface area contributed by atoms with Gasteiger partial charge >= 0.3 is 0 Å². The number of nitrogens with zero attached hydrogens (tertiary/aromatic N) is 2. The lowest BCUT2D eigenvalue weighted by Crippen LogP contribution is -2.19. The van der Waals surface area contributed by atoms with E-state index in [0.29, 0.717) is 35.3 Å². The second-order valence-corrected chi connectivity index (χ2v) is 9.02. The molecule has 0 saturated heterocycles. The summed E-state index contributed by atoms with van der Waals surface area (Å²) in [5.41, 5.74) is 5.57. The fourth-order valence-electron chi connectivity index (χ4n) is 3.44. The number of carbonyl (C=O) groups is 1. The first-order valence-electron chi connectivity index (χ1n) is 10.9. The highest BCUT2D eigenvalue weighted by Gasteiger charge is 2.14. The molecule has 1 amide bonds. The molecular formula is C27H23ClIN3O3. The SMILES string of the molecule is CCOc1cc(/C=N\NC(=O)c2ccccc2-n2cccc2)cc(I)c1OCc1ccccc1Cl. The first-order chi connectivity index (χ1) is 17.1. The van der Waals surface area contributed by atoms with Crippen LogP contribution in [0, 0.1) is 3.57 Å². The highest BCUT2D eigenvalue weighted by molar-refractivity contribution is 14.1. The molecule has 3 aromatic carbocycles. The summed E-state index contributed by atoms with van der Waals surface area (Å²) >= 11 is 8.45. The quantitative estimate of drug-likeness (QED) is 0.136. The zero-order valence-corrected chi connectivity index (χ0v) is 21.9. The Morgan fingerprint density at radius 3 is 2.57 bits per heavy atom. The number of aromatic nitrogens is 1. The van der Waals surface area contributed by atoms with E-state index in [9.17, 15) is 4.79 Å². The minimum Gasteiger partial charge on any atom is -0.490 e. The van der Waals surface area contributed by atoms with E-state index < -0.39 is 0 Å². The molecule has 0 saturated carbocycles. The van der Waals surface area contributed by atoms with Gasteiger partial charge in [0.2, 0.25) is 0 Å². The van der Waals surface area contributed by atoms with Gasteiger partial charge < -0.3 is 14.0 Å². The lowest BCUT2D eigenvalue weighted by Gasteiger charge is -2.15. The monoisotopic (exact) mass is 599 g/mol. The van der Waals surface area contributed by atoms with E-state index in [-0.39, 0.29) is 5.91 Å². The molecule has 0 atom stereocenters. The largest absolute Gasteiger partial charge is 0.490 e. The molecule has 1 heterocycles. The van der Waals surface area contributed by atoms with Crippen molar-refractivity contribution in [3.63, 3.8) is 0 Å². The summed E-state index contributed by atoms with van der Waals surface area (Å²) in [5.74, 6) is 0.927. The second-order valence-electron chi connectivity index (χ2n) is 7.45. The molecule has 8 heteroatoms. The molecule has 35 heavy (non-hydrogen) atoms. The van der Waals surface area contributed by atoms with Gasteiger partial charge in [-0.2, -0.15) is 5.10 Å². The average molecular weight is 600 g/mol. The Morgan fingerprint density at radius 1 is 1.06 bits per heavy atom. The van der Waals surface area contributed by atoms with E-state index in [2.05, 4.69) is 33.1 Å². The molecular weight excluding hydrogens is 577 g/mol. The lowest BCUT2D eigenvalue weighted by atomic mass is 10.1. The molecule has 0 unspecified atom stereocenters. The van der Waals surface area contributed by atoms with Crippen LogP contribution in [0.25, 0.3) is 5.69 Å². The van der Waals surface area contributed by atoms with E-state index in [1.165, 1.54) is 0 Å². The Kier molecular flexibility index (Phi) is 8.44. The fraction of sp³-hybridized carbons (Fsp3) is 0.111. The maximum atomic E-state index is 12.8. The number of ether oxygens (including phenoxy) is 2. The van der Waals surface area contributed by atoms with Gasteiger partial charge in [0, 0.05) is 23.0 Å². The minimum absolute atomic E-state index is 0.301. The molecule has 0 spiro atoms. The van der Waals surface area contributed by atoms with Gasteiger partial charge in [-0.3, -0.25) is 4.79 Å². The summed E-state index contributed by atoms with van der Waals surface area (Å²) in [6, 6.07) is 22.5. The first kappa shape index (κ1) is 24.8. The number of amides is 1. The van der Waals surface area contributed by atoms with Crippen molar-refractivity contribution in [3.05, 3.63) is 110 Å². The molecule has 0 fully saturated rings. The molecule has 4 aromatic rings.